The Balaban J connectivity index is 1.78. The van der Waals surface area contributed by atoms with Gasteiger partial charge in [0.2, 0.25) is 0 Å². The van der Waals surface area contributed by atoms with Gasteiger partial charge in [-0.2, -0.15) is 4.99 Å². The molecule has 0 fully saturated rings. The molecular weight excluding hydrogens is 344 g/mol. The highest BCUT2D eigenvalue weighted by Gasteiger charge is 2.08. The maximum absolute atomic E-state index is 12.5. The van der Waals surface area contributed by atoms with E-state index in [0.29, 0.717) is 17.0 Å². The molecule has 26 heavy (non-hydrogen) atoms. The Kier molecular flexibility index (Phi) is 5.89. The van der Waals surface area contributed by atoms with Crippen molar-refractivity contribution in [2.24, 2.45) is 12.0 Å². The highest BCUT2D eigenvalue weighted by atomic mass is 32.1. The van der Waals surface area contributed by atoms with Gasteiger partial charge < -0.3 is 9.30 Å². The van der Waals surface area contributed by atoms with Gasteiger partial charge in [0.15, 0.2) is 4.80 Å². The van der Waals surface area contributed by atoms with Crippen molar-refractivity contribution in [2.75, 3.05) is 6.61 Å². The molecule has 0 saturated heterocycles. The van der Waals surface area contributed by atoms with E-state index in [1.165, 1.54) is 29.7 Å². The third kappa shape index (κ3) is 4.05. The Morgan fingerprint density at radius 2 is 1.92 bits per heavy atom. The van der Waals surface area contributed by atoms with E-state index >= 15 is 0 Å². The number of amides is 1. The Morgan fingerprint density at radius 1 is 1.15 bits per heavy atom. The molecular formula is C21H24N2O2S. The lowest BCUT2D eigenvalue weighted by Crippen LogP contribution is -2.13. The number of carbonyl (C=O) groups excluding carboxylic acids is 1. The summed E-state index contributed by atoms with van der Waals surface area (Å²) >= 11 is 1.53. The summed E-state index contributed by atoms with van der Waals surface area (Å²) in [4.78, 5) is 17.6. The van der Waals surface area contributed by atoms with Gasteiger partial charge in [-0.3, -0.25) is 4.79 Å². The first kappa shape index (κ1) is 18.4. The molecule has 1 aromatic heterocycles. The highest BCUT2D eigenvalue weighted by molar-refractivity contribution is 7.16. The number of rotatable bonds is 6. The van der Waals surface area contributed by atoms with E-state index in [2.05, 4.69) is 31.0 Å². The third-order valence-corrected chi connectivity index (χ3v) is 5.44. The van der Waals surface area contributed by atoms with Crippen LogP contribution in [0.25, 0.3) is 10.2 Å². The first-order chi connectivity index (χ1) is 12.6. The topological polar surface area (TPSA) is 43.6 Å². The van der Waals surface area contributed by atoms with E-state index in [0.717, 1.165) is 22.4 Å². The molecule has 136 valence electrons. The second kappa shape index (κ2) is 8.32. The molecule has 3 rings (SSSR count). The van der Waals surface area contributed by atoms with Gasteiger partial charge in [-0.1, -0.05) is 43.2 Å². The van der Waals surface area contributed by atoms with E-state index in [9.17, 15) is 4.79 Å². The number of para-hydroxylation sites is 1. The third-order valence-electron chi connectivity index (χ3n) is 4.34. The largest absolute Gasteiger partial charge is 0.494 e. The SMILES string of the molecule is CCCCCOc1ccc(C(=O)N=c2sc3cccc(C)c3n2C)cc1. The van der Waals surface area contributed by atoms with Crippen LogP contribution in [0.2, 0.25) is 0 Å². The Labute approximate surface area is 157 Å². The van der Waals surface area contributed by atoms with Gasteiger partial charge in [-0.05, 0) is 49.2 Å². The zero-order valence-electron chi connectivity index (χ0n) is 15.5. The van der Waals surface area contributed by atoms with E-state index in [1.807, 2.05) is 29.8 Å². The van der Waals surface area contributed by atoms with Crippen molar-refractivity contribution in [3.63, 3.8) is 0 Å². The van der Waals surface area contributed by atoms with Crippen LogP contribution in [0.15, 0.2) is 47.5 Å². The average Bonchev–Trinajstić information content (AvgIpc) is 2.96. The molecule has 0 radical (unpaired) electrons. The van der Waals surface area contributed by atoms with Crippen LogP contribution in [0.1, 0.15) is 42.1 Å². The fraction of sp³-hybridized carbons (Fsp3) is 0.333. The molecule has 5 heteroatoms. The van der Waals surface area contributed by atoms with Crippen molar-refractivity contribution in [3.8, 4) is 5.75 Å². The molecule has 1 heterocycles. The van der Waals surface area contributed by atoms with Crippen molar-refractivity contribution in [3.05, 3.63) is 58.4 Å². The molecule has 0 aliphatic heterocycles. The van der Waals surface area contributed by atoms with Gasteiger partial charge in [0.25, 0.3) is 5.91 Å². The summed E-state index contributed by atoms with van der Waals surface area (Å²) in [6, 6.07) is 13.4. The number of carbonyl (C=O) groups is 1. The maximum Gasteiger partial charge on any atom is 0.279 e. The van der Waals surface area contributed by atoms with Crippen molar-refractivity contribution in [1.29, 1.82) is 0 Å². The fourth-order valence-corrected chi connectivity index (χ4v) is 3.99. The summed E-state index contributed by atoms with van der Waals surface area (Å²) in [7, 11) is 1.95. The lowest BCUT2D eigenvalue weighted by molar-refractivity contribution is 0.0998. The van der Waals surface area contributed by atoms with Gasteiger partial charge in [-0.25, -0.2) is 0 Å². The maximum atomic E-state index is 12.5. The van der Waals surface area contributed by atoms with Gasteiger partial charge in [0.1, 0.15) is 5.75 Å². The summed E-state index contributed by atoms with van der Waals surface area (Å²) in [6.45, 7) is 4.95. The molecule has 0 bridgehead atoms. The summed E-state index contributed by atoms with van der Waals surface area (Å²) in [5.74, 6) is 0.558. The van der Waals surface area contributed by atoms with E-state index in [1.54, 1.807) is 12.1 Å². The molecule has 0 saturated carbocycles. The zero-order chi connectivity index (χ0) is 18.5. The quantitative estimate of drug-likeness (QED) is 0.583. The standard InChI is InChI=1S/C21H24N2O2S/c1-4-5-6-14-25-17-12-10-16(11-13-17)20(24)22-21-23(3)19-15(2)8-7-9-18(19)26-21/h7-13H,4-6,14H2,1-3H3. The Hall–Kier alpha value is -2.40. The monoisotopic (exact) mass is 368 g/mol. The molecule has 2 aromatic carbocycles. The van der Waals surface area contributed by atoms with Crippen LogP contribution < -0.4 is 9.54 Å². The summed E-state index contributed by atoms with van der Waals surface area (Å²) in [5.41, 5.74) is 2.87. The number of fused-ring (bicyclic) bond motifs is 1. The molecule has 1 amide bonds. The molecule has 0 spiro atoms. The smallest absolute Gasteiger partial charge is 0.279 e. The highest BCUT2D eigenvalue weighted by Crippen LogP contribution is 2.20. The lowest BCUT2D eigenvalue weighted by atomic mass is 10.2. The minimum absolute atomic E-state index is 0.234. The zero-order valence-corrected chi connectivity index (χ0v) is 16.3. The normalized spacial score (nSPS) is 11.9. The first-order valence-electron chi connectivity index (χ1n) is 8.97. The average molecular weight is 369 g/mol. The Bertz CT molecular complexity index is 968. The van der Waals surface area contributed by atoms with Gasteiger partial charge >= 0.3 is 0 Å². The van der Waals surface area contributed by atoms with E-state index in [-0.39, 0.29) is 5.91 Å². The lowest BCUT2D eigenvalue weighted by Gasteiger charge is -2.05. The van der Waals surface area contributed by atoms with Crippen LogP contribution >= 0.6 is 11.3 Å². The second-order valence-electron chi connectivity index (χ2n) is 6.36. The summed E-state index contributed by atoms with van der Waals surface area (Å²) < 4.78 is 8.81. The molecule has 0 aliphatic rings. The van der Waals surface area contributed by atoms with Crippen molar-refractivity contribution >= 4 is 27.5 Å². The summed E-state index contributed by atoms with van der Waals surface area (Å²) in [6.07, 6.45) is 3.39. The van der Waals surface area contributed by atoms with Crippen LogP contribution in [0.5, 0.6) is 5.75 Å². The van der Waals surface area contributed by atoms with Crippen LogP contribution in [0.3, 0.4) is 0 Å². The second-order valence-corrected chi connectivity index (χ2v) is 7.37. The molecule has 0 N–H and O–H groups in total. The number of thiazole rings is 1. The number of unbranched alkanes of at least 4 members (excludes halogenated alkanes) is 2. The molecule has 0 atom stereocenters. The number of hydrogen-bond acceptors (Lipinski definition) is 3. The minimum atomic E-state index is -0.234. The molecule has 4 nitrogen and oxygen atoms in total. The fourth-order valence-electron chi connectivity index (χ4n) is 2.89. The minimum Gasteiger partial charge on any atom is -0.494 e. The predicted molar refractivity (Wildman–Crippen MR) is 107 cm³/mol. The van der Waals surface area contributed by atoms with Crippen LogP contribution in [-0.2, 0) is 7.05 Å². The molecule has 3 aromatic rings. The molecule has 0 unspecified atom stereocenters. The van der Waals surface area contributed by atoms with E-state index in [4.69, 9.17) is 4.74 Å². The van der Waals surface area contributed by atoms with Crippen LogP contribution in [0.4, 0.5) is 0 Å². The van der Waals surface area contributed by atoms with Crippen molar-refractivity contribution < 1.29 is 9.53 Å². The number of nitrogens with zero attached hydrogens (tertiary/aromatic N) is 2. The number of hydrogen-bond donors (Lipinski definition) is 0. The van der Waals surface area contributed by atoms with Crippen molar-refractivity contribution in [2.45, 2.75) is 33.1 Å². The Morgan fingerprint density at radius 3 is 2.62 bits per heavy atom. The number of aromatic nitrogens is 1. The number of benzene rings is 2. The van der Waals surface area contributed by atoms with Gasteiger partial charge in [-0.15, -0.1) is 0 Å². The van der Waals surface area contributed by atoms with E-state index < -0.39 is 0 Å². The number of ether oxygens (including phenoxy) is 1. The number of aryl methyl sites for hydroxylation is 2. The van der Waals surface area contributed by atoms with Crippen LogP contribution in [-0.4, -0.2) is 17.1 Å². The predicted octanol–water partition coefficient (Wildman–Crippen LogP) is 4.86. The van der Waals surface area contributed by atoms with Crippen LogP contribution in [0, 0.1) is 6.92 Å². The summed E-state index contributed by atoms with van der Waals surface area (Å²) in [5, 5.41) is 0. The first-order valence-corrected chi connectivity index (χ1v) is 9.79. The molecule has 0 aliphatic carbocycles. The van der Waals surface area contributed by atoms with Crippen molar-refractivity contribution in [1.82, 2.24) is 4.57 Å². The van der Waals surface area contributed by atoms with Gasteiger partial charge in [0, 0.05) is 12.6 Å². The van der Waals surface area contributed by atoms with Gasteiger partial charge in [0.05, 0.1) is 16.8 Å².